The number of rotatable bonds is 7. The molecule has 2 aromatic carbocycles. The summed E-state index contributed by atoms with van der Waals surface area (Å²) >= 11 is 0. The summed E-state index contributed by atoms with van der Waals surface area (Å²) in [6.45, 7) is 6.26. The fourth-order valence-electron chi connectivity index (χ4n) is 4.38. The highest BCUT2D eigenvalue weighted by molar-refractivity contribution is 5.78. The second kappa shape index (κ2) is 9.79. The van der Waals surface area contributed by atoms with Crippen LogP contribution >= 0.6 is 0 Å². The molecule has 0 amide bonds. The SMILES string of the molecule is Cc1ccc(-c2nc3c(nc2-c2ccc(C)cc2)C(O)CN(CCCCc2nnn[nH]2)C3)cc1. The Morgan fingerprint density at radius 2 is 1.56 bits per heavy atom. The molecule has 3 heterocycles. The average Bonchev–Trinajstić information content (AvgIpc) is 3.36. The topological polar surface area (TPSA) is 104 Å². The van der Waals surface area contributed by atoms with Crippen molar-refractivity contribution in [2.75, 3.05) is 13.1 Å². The van der Waals surface area contributed by atoms with Gasteiger partial charge < -0.3 is 5.11 Å². The number of β-amino-alcohol motifs (C(OH)–C–C–N with tert-alkyl or cyclic N) is 1. The van der Waals surface area contributed by atoms with Gasteiger partial charge in [0, 0.05) is 30.6 Å². The molecule has 8 heteroatoms. The van der Waals surface area contributed by atoms with Crippen LogP contribution in [0.3, 0.4) is 0 Å². The number of aliphatic hydroxyl groups excluding tert-OH is 1. The van der Waals surface area contributed by atoms with E-state index >= 15 is 0 Å². The molecule has 2 N–H and O–H groups in total. The summed E-state index contributed by atoms with van der Waals surface area (Å²) in [7, 11) is 0. The van der Waals surface area contributed by atoms with E-state index < -0.39 is 6.10 Å². The molecule has 0 bridgehead atoms. The van der Waals surface area contributed by atoms with E-state index in [0.717, 1.165) is 59.8 Å². The minimum atomic E-state index is -0.661. The lowest BCUT2D eigenvalue weighted by Gasteiger charge is -2.31. The zero-order chi connectivity index (χ0) is 23.5. The highest BCUT2D eigenvalue weighted by Gasteiger charge is 2.28. The van der Waals surface area contributed by atoms with E-state index in [0.29, 0.717) is 18.8 Å². The predicted octanol–water partition coefficient (Wildman–Crippen LogP) is 3.81. The summed E-state index contributed by atoms with van der Waals surface area (Å²) in [5, 5.41) is 24.9. The summed E-state index contributed by atoms with van der Waals surface area (Å²) in [6, 6.07) is 16.7. The number of aryl methyl sites for hydroxylation is 3. The number of aromatic nitrogens is 6. The smallest absolute Gasteiger partial charge is 0.148 e. The van der Waals surface area contributed by atoms with Gasteiger partial charge in [-0.25, -0.2) is 15.1 Å². The first-order valence-corrected chi connectivity index (χ1v) is 11.7. The molecule has 0 saturated heterocycles. The van der Waals surface area contributed by atoms with Gasteiger partial charge in [-0.1, -0.05) is 59.7 Å². The van der Waals surface area contributed by atoms with Crippen LogP contribution in [-0.2, 0) is 13.0 Å². The number of H-pyrrole nitrogens is 1. The van der Waals surface area contributed by atoms with E-state index in [2.05, 4.69) is 87.9 Å². The van der Waals surface area contributed by atoms with Gasteiger partial charge in [0.25, 0.3) is 0 Å². The standard InChI is InChI=1S/C26H29N7O/c1-17-6-10-19(11-7-17)24-25(20-12-8-18(2)9-13-20)28-26-21(27-24)15-33(16-22(26)34)14-4-3-5-23-29-31-32-30-23/h6-13,22,34H,3-5,14-16H2,1-2H3,(H,29,30,31,32). The largest absolute Gasteiger partial charge is 0.385 e. The third-order valence-corrected chi connectivity index (χ3v) is 6.30. The maximum Gasteiger partial charge on any atom is 0.148 e. The third kappa shape index (κ3) is 4.88. The number of unbranched alkanes of at least 4 members (excludes halogenated alkanes) is 1. The number of aliphatic hydroxyl groups is 1. The minimum absolute atomic E-state index is 0.558. The molecule has 4 aromatic rings. The number of aromatic amines is 1. The van der Waals surface area contributed by atoms with Crippen LogP contribution in [0.4, 0.5) is 0 Å². The first-order valence-electron chi connectivity index (χ1n) is 11.7. The molecule has 8 nitrogen and oxygen atoms in total. The van der Waals surface area contributed by atoms with Gasteiger partial charge >= 0.3 is 0 Å². The summed E-state index contributed by atoms with van der Waals surface area (Å²) in [4.78, 5) is 12.3. The van der Waals surface area contributed by atoms with Crippen LogP contribution in [0.2, 0.25) is 0 Å². The van der Waals surface area contributed by atoms with Gasteiger partial charge in [0.05, 0.1) is 22.8 Å². The molecule has 1 aliphatic heterocycles. The van der Waals surface area contributed by atoms with E-state index in [9.17, 15) is 5.11 Å². The third-order valence-electron chi connectivity index (χ3n) is 6.30. The van der Waals surface area contributed by atoms with E-state index in [-0.39, 0.29) is 0 Å². The Balaban J connectivity index is 1.42. The van der Waals surface area contributed by atoms with Gasteiger partial charge in [0.1, 0.15) is 11.9 Å². The van der Waals surface area contributed by atoms with Gasteiger partial charge in [-0.3, -0.25) is 4.90 Å². The number of tetrazole rings is 1. The molecule has 1 atom stereocenters. The summed E-state index contributed by atoms with van der Waals surface area (Å²) in [5.41, 5.74) is 7.65. The molecule has 174 valence electrons. The maximum atomic E-state index is 11.0. The Bertz CT molecular complexity index is 1240. The number of hydrogen-bond acceptors (Lipinski definition) is 7. The molecular weight excluding hydrogens is 426 g/mol. The Kier molecular flexibility index (Phi) is 6.42. The van der Waals surface area contributed by atoms with Gasteiger partial charge in [0.15, 0.2) is 0 Å². The zero-order valence-electron chi connectivity index (χ0n) is 19.6. The Labute approximate surface area is 199 Å². The van der Waals surface area contributed by atoms with Crippen molar-refractivity contribution in [2.24, 2.45) is 0 Å². The van der Waals surface area contributed by atoms with E-state index in [4.69, 9.17) is 9.97 Å². The second-order valence-electron chi connectivity index (χ2n) is 9.04. The molecule has 34 heavy (non-hydrogen) atoms. The van der Waals surface area contributed by atoms with Crippen LogP contribution < -0.4 is 0 Å². The molecule has 0 spiro atoms. The van der Waals surface area contributed by atoms with Crippen molar-refractivity contribution in [3.63, 3.8) is 0 Å². The number of benzene rings is 2. The molecule has 0 saturated carbocycles. The zero-order valence-corrected chi connectivity index (χ0v) is 19.6. The molecule has 2 aromatic heterocycles. The van der Waals surface area contributed by atoms with Crippen molar-refractivity contribution >= 4 is 0 Å². The van der Waals surface area contributed by atoms with Crippen LogP contribution in [0.1, 0.15) is 47.3 Å². The first kappa shape index (κ1) is 22.3. The van der Waals surface area contributed by atoms with Gasteiger partial charge in [-0.2, -0.15) is 0 Å². The molecule has 1 unspecified atom stereocenters. The Morgan fingerprint density at radius 1 is 0.912 bits per heavy atom. The van der Waals surface area contributed by atoms with E-state index in [1.54, 1.807) is 0 Å². The van der Waals surface area contributed by atoms with Gasteiger partial charge in [-0.15, -0.1) is 5.10 Å². The van der Waals surface area contributed by atoms with Crippen molar-refractivity contribution in [1.29, 1.82) is 0 Å². The monoisotopic (exact) mass is 455 g/mol. The van der Waals surface area contributed by atoms with Crippen molar-refractivity contribution in [1.82, 2.24) is 35.5 Å². The lowest BCUT2D eigenvalue weighted by atomic mass is 9.99. The number of nitrogens with zero attached hydrogens (tertiary/aromatic N) is 6. The van der Waals surface area contributed by atoms with Crippen LogP contribution in [0.25, 0.3) is 22.5 Å². The number of nitrogens with one attached hydrogen (secondary N) is 1. The maximum absolute atomic E-state index is 11.0. The lowest BCUT2D eigenvalue weighted by Crippen LogP contribution is -2.36. The fourth-order valence-corrected chi connectivity index (χ4v) is 4.38. The van der Waals surface area contributed by atoms with Crippen molar-refractivity contribution in [2.45, 2.75) is 45.8 Å². The second-order valence-corrected chi connectivity index (χ2v) is 9.04. The average molecular weight is 456 g/mol. The first-order chi connectivity index (χ1) is 16.6. The molecule has 1 aliphatic rings. The van der Waals surface area contributed by atoms with E-state index in [1.165, 1.54) is 11.1 Å². The minimum Gasteiger partial charge on any atom is -0.385 e. The fraction of sp³-hybridized carbons (Fsp3) is 0.346. The molecule has 0 fully saturated rings. The quantitative estimate of drug-likeness (QED) is 0.408. The van der Waals surface area contributed by atoms with E-state index in [1.807, 2.05) is 0 Å². The van der Waals surface area contributed by atoms with Crippen molar-refractivity contribution in [3.8, 4) is 22.5 Å². The highest BCUT2D eigenvalue weighted by Crippen LogP contribution is 2.34. The van der Waals surface area contributed by atoms with Crippen molar-refractivity contribution in [3.05, 3.63) is 76.9 Å². The van der Waals surface area contributed by atoms with Gasteiger partial charge in [0.2, 0.25) is 0 Å². The molecule has 0 aliphatic carbocycles. The van der Waals surface area contributed by atoms with Gasteiger partial charge in [-0.05, 0) is 43.7 Å². The van der Waals surface area contributed by atoms with Crippen LogP contribution in [0, 0.1) is 13.8 Å². The molecular formula is C26H29N7O. The summed E-state index contributed by atoms with van der Waals surface area (Å²) in [5.74, 6) is 0.807. The Hall–Kier alpha value is -3.49. The highest BCUT2D eigenvalue weighted by atomic mass is 16.3. The van der Waals surface area contributed by atoms with Crippen LogP contribution in [0.5, 0.6) is 0 Å². The normalized spacial score (nSPS) is 15.9. The predicted molar refractivity (Wildman–Crippen MR) is 130 cm³/mol. The van der Waals surface area contributed by atoms with Crippen LogP contribution in [-0.4, -0.2) is 53.7 Å². The van der Waals surface area contributed by atoms with Crippen molar-refractivity contribution < 1.29 is 5.11 Å². The Morgan fingerprint density at radius 3 is 2.18 bits per heavy atom. The van der Waals surface area contributed by atoms with Crippen LogP contribution in [0.15, 0.2) is 48.5 Å². The molecule has 5 rings (SSSR count). The lowest BCUT2D eigenvalue weighted by molar-refractivity contribution is 0.0856. The summed E-state index contributed by atoms with van der Waals surface area (Å²) in [6.07, 6.45) is 2.12. The number of hydrogen-bond donors (Lipinski definition) is 2. The number of fused-ring (bicyclic) bond motifs is 1. The summed E-state index contributed by atoms with van der Waals surface area (Å²) < 4.78 is 0. The molecule has 0 radical (unpaired) electrons.